The summed E-state index contributed by atoms with van der Waals surface area (Å²) in [5.74, 6) is 0.566. The molecule has 0 radical (unpaired) electrons. The largest absolute Gasteiger partial charge is 0.434 e. The zero-order valence-corrected chi connectivity index (χ0v) is 11.5. The van der Waals surface area contributed by atoms with Gasteiger partial charge in [-0.25, -0.2) is 4.98 Å². The van der Waals surface area contributed by atoms with Crippen LogP contribution in [-0.2, 0) is 18.6 Å². The van der Waals surface area contributed by atoms with Gasteiger partial charge in [-0.15, -0.1) is 0 Å². The highest BCUT2D eigenvalue weighted by Crippen LogP contribution is 2.57. The lowest BCUT2D eigenvalue weighted by molar-refractivity contribution is -0.141. The third-order valence-electron chi connectivity index (χ3n) is 5.38. The Balaban J connectivity index is 1.93. The molecule has 1 N–H and O–H groups in total. The van der Waals surface area contributed by atoms with E-state index in [4.69, 9.17) is 0 Å². The van der Waals surface area contributed by atoms with Gasteiger partial charge in [0, 0.05) is 25.3 Å². The highest BCUT2D eigenvalue weighted by atomic mass is 19.4. The van der Waals surface area contributed by atoms with Crippen molar-refractivity contribution >= 4 is 0 Å². The summed E-state index contributed by atoms with van der Waals surface area (Å²) in [5.41, 5.74) is -1.01. The molecule has 1 aromatic heterocycles. The number of hydrogen-bond donors (Lipinski definition) is 1. The Kier molecular flexibility index (Phi) is 2.94. The van der Waals surface area contributed by atoms with E-state index in [0.29, 0.717) is 5.82 Å². The fourth-order valence-electron chi connectivity index (χ4n) is 3.93. The van der Waals surface area contributed by atoms with Crippen LogP contribution in [0.2, 0.25) is 0 Å². The summed E-state index contributed by atoms with van der Waals surface area (Å²) in [7, 11) is 1.65. The zero-order chi connectivity index (χ0) is 14.6. The number of alkyl halides is 3. The van der Waals surface area contributed by atoms with Crippen LogP contribution >= 0.6 is 0 Å². The van der Waals surface area contributed by atoms with Crippen LogP contribution in [0.15, 0.2) is 6.20 Å². The van der Waals surface area contributed by atoms with Gasteiger partial charge in [-0.3, -0.25) is 0 Å². The van der Waals surface area contributed by atoms with E-state index in [9.17, 15) is 18.3 Å². The molecule has 0 amide bonds. The molecular weight excluding hydrogens is 269 g/mol. The maximum Gasteiger partial charge on any atom is 0.434 e. The van der Waals surface area contributed by atoms with Crippen LogP contribution in [-0.4, -0.2) is 21.3 Å². The maximum absolute atomic E-state index is 12.8. The normalized spacial score (nSPS) is 33.6. The summed E-state index contributed by atoms with van der Waals surface area (Å²) in [4.78, 5) is 3.90. The smallest absolute Gasteiger partial charge is 0.396 e. The highest BCUT2D eigenvalue weighted by molar-refractivity contribution is 5.20. The Bertz CT molecular complexity index is 496. The quantitative estimate of drug-likeness (QED) is 0.908. The van der Waals surface area contributed by atoms with Crippen molar-refractivity contribution in [2.45, 2.75) is 50.1 Å². The first-order chi connectivity index (χ1) is 9.30. The predicted octanol–water partition coefficient (Wildman–Crippen LogP) is 3.02. The third-order valence-corrected chi connectivity index (χ3v) is 5.38. The van der Waals surface area contributed by atoms with E-state index in [0.717, 1.165) is 44.7 Å². The van der Waals surface area contributed by atoms with Crippen LogP contribution in [0, 0.1) is 5.41 Å². The average molecular weight is 288 g/mol. The van der Waals surface area contributed by atoms with Gasteiger partial charge in [-0.05, 0) is 43.9 Å². The molecule has 0 saturated heterocycles. The number of nitrogens with zero attached hydrogens (tertiary/aromatic N) is 2. The molecule has 0 aromatic carbocycles. The molecule has 4 rings (SSSR count). The molecule has 112 valence electrons. The van der Waals surface area contributed by atoms with Gasteiger partial charge >= 0.3 is 6.18 Å². The average Bonchev–Trinajstić information content (AvgIpc) is 2.84. The molecule has 3 aliphatic rings. The van der Waals surface area contributed by atoms with Gasteiger partial charge in [-0.2, -0.15) is 13.2 Å². The molecule has 2 bridgehead atoms. The fourth-order valence-corrected chi connectivity index (χ4v) is 3.93. The molecule has 3 nitrogen and oxygen atoms in total. The minimum atomic E-state index is -4.38. The summed E-state index contributed by atoms with van der Waals surface area (Å²) in [5, 5.41) is 9.52. The van der Waals surface area contributed by atoms with Crippen molar-refractivity contribution in [3.63, 3.8) is 0 Å². The molecule has 3 saturated carbocycles. The Morgan fingerprint density at radius 1 is 1.20 bits per heavy atom. The number of aliphatic hydroxyl groups is 1. The summed E-state index contributed by atoms with van der Waals surface area (Å²) >= 11 is 0. The van der Waals surface area contributed by atoms with E-state index in [1.165, 1.54) is 0 Å². The summed E-state index contributed by atoms with van der Waals surface area (Å²) in [6.45, 7) is 0.192. The monoisotopic (exact) mass is 288 g/mol. The van der Waals surface area contributed by atoms with Gasteiger partial charge in [0.05, 0.1) is 0 Å². The van der Waals surface area contributed by atoms with E-state index in [1.54, 1.807) is 11.6 Å². The number of fused-ring (bicyclic) bond motifs is 3. The minimum absolute atomic E-state index is 0.0137. The van der Waals surface area contributed by atoms with Gasteiger partial charge in [0.1, 0.15) is 5.82 Å². The van der Waals surface area contributed by atoms with E-state index >= 15 is 0 Å². The first-order valence-corrected chi connectivity index (χ1v) is 7.02. The number of aliphatic hydroxyl groups excluding tert-OH is 1. The van der Waals surface area contributed by atoms with E-state index in [1.807, 2.05) is 0 Å². The van der Waals surface area contributed by atoms with Crippen LogP contribution < -0.4 is 0 Å². The molecule has 0 aliphatic heterocycles. The lowest BCUT2D eigenvalue weighted by atomic mass is 9.53. The molecule has 0 spiro atoms. The number of aromatic nitrogens is 2. The predicted molar refractivity (Wildman–Crippen MR) is 67.1 cm³/mol. The van der Waals surface area contributed by atoms with Gasteiger partial charge in [0.2, 0.25) is 0 Å². The van der Waals surface area contributed by atoms with Gasteiger partial charge < -0.3 is 9.67 Å². The second-order valence-corrected chi connectivity index (χ2v) is 6.50. The minimum Gasteiger partial charge on any atom is -0.396 e. The van der Waals surface area contributed by atoms with Crippen molar-refractivity contribution in [1.82, 2.24) is 9.55 Å². The Morgan fingerprint density at radius 2 is 1.75 bits per heavy atom. The number of imidazole rings is 1. The molecule has 3 fully saturated rings. The van der Waals surface area contributed by atoms with E-state index < -0.39 is 11.9 Å². The first-order valence-electron chi connectivity index (χ1n) is 7.02. The maximum atomic E-state index is 12.8. The number of rotatable bonds is 2. The Labute approximate surface area is 115 Å². The van der Waals surface area contributed by atoms with Crippen molar-refractivity contribution in [3.05, 3.63) is 17.7 Å². The van der Waals surface area contributed by atoms with Crippen molar-refractivity contribution in [2.24, 2.45) is 12.5 Å². The topological polar surface area (TPSA) is 38.0 Å². The van der Waals surface area contributed by atoms with Gasteiger partial charge in [0.15, 0.2) is 5.69 Å². The lowest BCUT2D eigenvalue weighted by Gasteiger charge is -2.52. The van der Waals surface area contributed by atoms with Crippen molar-refractivity contribution in [1.29, 1.82) is 0 Å². The third kappa shape index (κ3) is 1.96. The lowest BCUT2D eigenvalue weighted by Crippen LogP contribution is -2.46. The van der Waals surface area contributed by atoms with Crippen molar-refractivity contribution in [2.75, 3.05) is 6.61 Å². The first kappa shape index (κ1) is 13.9. The fraction of sp³-hybridized carbons (Fsp3) is 0.786. The van der Waals surface area contributed by atoms with Crippen LogP contribution in [0.4, 0.5) is 13.2 Å². The Hall–Kier alpha value is -1.04. The standard InChI is InChI=1S/C14H19F3N2O/c1-19-8-10(14(15,16)17)18-11(19)13-5-2-12(9-20,3-6-13)4-7-13/h8,20H,2-7,9H2,1H3. The zero-order valence-electron chi connectivity index (χ0n) is 11.5. The second-order valence-electron chi connectivity index (χ2n) is 6.50. The molecule has 0 unspecified atom stereocenters. The molecule has 20 heavy (non-hydrogen) atoms. The molecule has 3 aliphatic carbocycles. The van der Waals surface area contributed by atoms with Crippen LogP contribution in [0.3, 0.4) is 0 Å². The number of aryl methyl sites for hydroxylation is 1. The van der Waals surface area contributed by atoms with E-state index in [-0.39, 0.29) is 17.4 Å². The second kappa shape index (κ2) is 4.23. The number of halogens is 3. The molecule has 6 heteroatoms. The number of hydrogen-bond acceptors (Lipinski definition) is 2. The van der Waals surface area contributed by atoms with Crippen molar-refractivity contribution < 1.29 is 18.3 Å². The molecular formula is C14H19F3N2O. The van der Waals surface area contributed by atoms with Crippen LogP contribution in [0.1, 0.15) is 50.0 Å². The van der Waals surface area contributed by atoms with Gasteiger partial charge in [-0.1, -0.05) is 0 Å². The van der Waals surface area contributed by atoms with E-state index in [2.05, 4.69) is 4.98 Å². The van der Waals surface area contributed by atoms with Gasteiger partial charge in [0.25, 0.3) is 0 Å². The molecule has 1 heterocycles. The molecule has 1 aromatic rings. The summed E-state index contributed by atoms with van der Waals surface area (Å²) < 4.78 is 39.9. The summed E-state index contributed by atoms with van der Waals surface area (Å²) in [6.07, 6.45) is 1.85. The Morgan fingerprint density at radius 3 is 2.15 bits per heavy atom. The van der Waals surface area contributed by atoms with Crippen molar-refractivity contribution in [3.8, 4) is 0 Å². The van der Waals surface area contributed by atoms with Crippen LogP contribution in [0.25, 0.3) is 0 Å². The highest BCUT2D eigenvalue weighted by Gasteiger charge is 2.51. The summed E-state index contributed by atoms with van der Waals surface area (Å²) in [6, 6.07) is 0. The SMILES string of the molecule is Cn1cc(C(F)(F)F)nc1C12CCC(CO)(CC1)CC2. The van der Waals surface area contributed by atoms with Crippen LogP contribution in [0.5, 0.6) is 0 Å². The molecule has 0 atom stereocenters.